The average molecular weight is 311 g/mol. The van der Waals surface area contributed by atoms with Crippen molar-refractivity contribution in [3.63, 3.8) is 0 Å². The lowest BCUT2D eigenvalue weighted by Gasteiger charge is -2.03. The number of Topliss-reactive ketones (excluding diaryl/α,β-unsaturated/α-hetero) is 1. The third kappa shape index (κ3) is 3.14. The van der Waals surface area contributed by atoms with Gasteiger partial charge in [0, 0.05) is 28.9 Å². The van der Waals surface area contributed by atoms with E-state index in [-0.39, 0.29) is 5.78 Å². The summed E-state index contributed by atoms with van der Waals surface area (Å²) >= 11 is 9.27. The molecule has 1 heterocycles. The molecule has 1 aromatic carbocycles. The predicted molar refractivity (Wildman–Crippen MR) is 71.4 cm³/mol. The van der Waals surface area contributed by atoms with E-state index in [9.17, 15) is 4.79 Å². The van der Waals surface area contributed by atoms with Crippen LogP contribution in [0.2, 0.25) is 5.02 Å². The SMILES string of the molecule is O=C(Cc1ccc(Br)cc1)c1ccncc1Cl. The van der Waals surface area contributed by atoms with Gasteiger partial charge in [-0.05, 0) is 23.8 Å². The van der Waals surface area contributed by atoms with Gasteiger partial charge in [-0.15, -0.1) is 0 Å². The summed E-state index contributed by atoms with van der Waals surface area (Å²) in [7, 11) is 0. The first kappa shape index (κ1) is 12.3. The molecule has 0 aliphatic carbocycles. The van der Waals surface area contributed by atoms with E-state index in [2.05, 4.69) is 20.9 Å². The van der Waals surface area contributed by atoms with Gasteiger partial charge in [-0.25, -0.2) is 0 Å². The van der Waals surface area contributed by atoms with Crippen molar-refractivity contribution in [3.05, 3.63) is 63.3 Å². The Hall–Kier alpha value is -1.19. The summed E-state index contributed by atoms with van der Waals surface area (Å²) in [6, 6.07) is 9.30. The molecule has 0 spiro atoms. The van der Waals surface area contributed by atoms with Gasteiger partial charge in [0.15, 0.2) is 5.78 Å². The zero-order chi connectivity index (χ0) is 12.3. The van der Waals surface area contributed by atoms with Crippen molar-refractivity contribution in [1.82, 2.24) is 4.98 Å². The van der Waals surface area contributed by atoms with Gasteiger partial charge in [-0.2, -0.15) is 0 Å². The third-order valence-electron chi connectivity index (χ3n) is 2.35. The Morgan fingerprint density at radius 2 is 1.94 bits per heavy atom. The monoisotopic (exact) mass is 309 g/mol. The van der Waals surface area contributed by atoms with Crippen molar-refractivity contribution in [2.24, 2.45) is 0 Å². The van der Waals surface area contributed by atoms with Gasteiger partial charge in [-0.1, -0.05) is 39.7 Å². The van der Waals surface area contributed by atoms with Gasteiger partial charge in [0.05, 0.1) is 5.02 Å². The Bertz CT molecular complexity index is 539. The molecule has 0 N–H and O–H groups in total. The lowest BCUT2D eigenvalue weighted by molar-refractivity contribution is 0.0993. The number of nitrogens with zero attached hydrogens (tertiary/aromatic N) is 1. The Balaban J connectivity index is 2.17. The highest BCUT2D eigenvalue weighted by molar-refractivity contribution is 9.10. The first-order valence-corrected chi connectivity index (χ1v) is 6.21. The number of benzene rings is 1. The second-order valence-electron chi connectivity index (χ2n) is 3.58. The topological polar surface area (TPSA) is 30.0 Å². The zero-order valence-electron chi connectivity index (χ0n) is 8.86. The summed E-state index contributed by atoms with van der Waals surface area (Å²) < 4.78 is 0.996. The van der Waals surface area contributed by atoms with Crippen LogP contribution < -0.4 is 0 Å². The number of pyridine rings is 1. The van der Waals surface area contributed by atoms with Gasteiger partial charge in [0.25, 0.3) is 0 Å². The molecule has 2 aromatic rings. The maximum atomic E-state index is 12.0. The van der Waals surface area contributed by atoms with E-state index in [1.165, 1.54) is 6.20 Å². The largest absolute Gasteiger partial charge is 0.294 e. The first-order valence-electron chi connectivity index (χ1n) is 5.04. The third-order valence-corrected chi connectivity index (χ3v) is 3.18. The smallest absolute Gasteiger partial charge is 0.168 e. The van der Waals surface area contributed by atoms with Crippen LogP contribution in [0, 0.1) is 0 Å². The zero-order valence-corrected chi connectivity index (χ0v) is 11.2. The molecule has 0 atom stereocenters. The molecule has 0 fully saturated rings. The fourth-order valence-electron chi connectivity index (χ4n) is 1.48. The van der Waals surface area contributed by atoms with Crippen molar-refractivity contribution >= 4 is 33.3 Å². The Morgan fingerprint density at radius 3 is 2.59 bits per heavy atom. The number of rotatable bonds is 3. The summed E-state index contributed by atoms with van der Waals surface area (Å²) in [5.74, 6) is -0.000257. The molecule has 0 saturated heterocycles. The Morgan fingerprint density at radius 1 is 1.24 bits per heavy atom. The molecule has 0 bridgehead atoms. The van der Waals surface area contributed by atoms with Crippen LogP contribution in [-0.4, -0.2) is 10.8 Å². The minimum atomic E-state index is -0.000257. The highest BCUT2D eigenvalue weighted by Crippen LogP contribution is 2.17. The molecule has 0 aliphatic heterocycles. The van der Waals surface area contributed by atoms with Gasteiger partial charge < -0.3 is 0 Å². The number of aromatic nitrogens is 1. The van der Waals surface area contributed by atoms with Crippen LogP contribution in [-0.2, 0) is 6.42 Å². The van der Waals surface area contributed by atoms with Crippen molar-refractivity contribution in [2.75, 3.05) is 0 Å². The van der Waals surface area contributed by atoms with Gasteiger partial charge >= 0.3 is 0 Å². The van der Waals surface area contributed by atoms with Crippen molar-refractivity contribution in [3.8, 4) is 0 Å². The summed E-state index contributed by atoms with van der Waals surface area (Å²) in [5, 5.41) is 0.398. The standard InChI is InChI=1S/C13H9BrClNO/c14-10-3-1-9(2-4-10)7-13(17)11-5-6-16-8-12(11)15/h1-6,8H,7H2. The number of hydrogen-bond acceptors (Lipinski definition) is 2. The van der Waals surface area contributed by atoms with E-state index in [0.717, 1.165) is 10.0 Å². The highest BCUT2D eigenvalue weighted by Gasteiger charge is 2.10. The quantitative estimate of drug-likeness (QED) is 0.804. The summed E-state index contributed by atoms with van der Waals surface area (Å²) in [5.41, 5.74) is 1.48. The van der Waals surface area contributed by atoms with Gasteiger partial charge in [-0.3, -0.25) is 9.78 Å². The van der Waals surface area contributed by atoms with Gasteiger partial charge in [0.2, 0.25) is 0 Å². The average Bonchev–Trinajstić information content (AvgIpc) is 2.32. The molecule has 0 unspecified atom stereocenters. The lowest BCUT2D eigenvalue weighted by Crippen LogP contribution is -2.04. The minimum absolute atomic E-state index is 0.000257. The van der Waals surface area contributed by atoms with Crippen molar-refractivity contribution in [2.45, 2.75) is 6.42 Å². The van der Waals surface area contributed by atoms with E-state index < -0.39 is 0 Å². The molecular formula is C13H9BrClNO. The summed E-state index contributed by atoms with van der Waals surface area (Å²) in [6.45, 7) is 0. The minimum Gasteiger partial charge on any atom is -0.294 e. The van der Waals surface area contributed by atoms with E-state index in [0.29, 0.717) is 17.0 Å². The molecule has 0 saturated carbocycles. The van der Waals surface area contributed by atoms with Crippen LogP contribution in [0.5, 0.6) is 0 Å². The maximum absolute atomic E-state index is 12.0. The van der Waals surface area contributed by atoms with E-state index in [1.54, 1.807) is 12.3 Å². The molecule has 2 nitrogen and oxygen atoms in total. The van der Waals surface area contributed by atoms with Crippen LogP contribution in [0.1, 0.15) is 15.9 Å². The molecular weight excluding hydrogens is 302 g/mol. The molecule has 86 valence electrons. The molecule has 4 heteroatoms. The molecule has 17 heavy (non-hydrogen) atoms. The molecule has 0 amide bonds. The number of carbonyl (C=O) groups excluding carboxylic acids is 1. The second-order valence-corrected chi connectivity index (χ2v) is 4.90. The Labute approximate surface area is 113 Å². The van der Waals surface area contributed by atoms with Crippen LogP contribution in [0.4, 0.5) is 0 Å². The fourth-order valence-corrected chi connectivity index (χ4v) is 1.97. The highest BCUT2D eigenvalue weighted by atomic mass is 79.9. The summed E-state index contributed by atoms with van der Waals surface area (Å²) in [6.07, 6.45) is 3.40. The molecule has 0 aliphatic rings. The number of hydrogen-bond donors (Lipinski definition) is 0. The van der Waals surface area contributed by atoms with Crippen LogP contribution >= 0.6 is 27.5 Å². The van der Waals surface area contributed by atoms with Crippen molar-refractivity contribution in [1.29, 1.82) is 0 Å². The van der Waals surface area contributed by atoms with E-state index >= 15 is 0 Å². The van der Waals surface area contributed by atoms with Crippen LogP contribution in [0.15, 0.2) is 47.2 Å². The van der Waals surface area contributed by atoms with Crippen molar-refractivity contribution < 1.29 is 4.79 Å². The molecule has 2 rings (SSSR count). The fraction of sp³-hybridized carbons (Fsp3) is 0.0769. The van der Waals surface area contributed by atoms with E-state index in [1.807, 2.05) is 24.3 Å². The van der Waals surface area contributed by atoms with Gasteiger partial charge in [0.1, 0.15) is 0 Å². The number of ketones is 1. The summed E-state index contributed by atoms with van der Waals surface area (Å²) in [4.78, 5) is 15.9. The second kappa shape index (κ2) is 5.43. The normalized spacial score (nSPS) is 10.2. The Kier molecular flexibility index (Phi) is 3.92. The van der Waals surface area contributed by atoms with Crippen LogP contribution in [0.3, 0.4) is 0 Å². The lowest BCUT2D eigenvalue weighted by atomic mass is 10.0. The predicted octanol–water partition coefficient (Wildman–Crippen LogP) is 3.92. The first-order chi connectivity index (χ1) is 8.16. The number of halogens is 2. The maximum Gasteiger partial charge on any atom is 0.168 e. The number of carbonyl (C=O) groups is 1. The van der Waals surface area contributed by atoms with Crippen LogP contribution in [0.25, 0.3) is 0 Å². The van der Waals surface area contributed by atoms with E-state index in [4.69, 9.17) is 11.6 Å². The molecule has 1 aromatic heterocycles. The molecule has 0 radical (unpaired) electrons.